The molecule has 0 atom stereocenters. The van der Waals surface area contributed by atoms with E-state index in [-0.39, 0.29) is 0 Å². The van der Waals surface area contributed by atoms with Crippen LogP contribution in [-0.2, 0) is 0 Å². The Morgan fingerprint density at radius 3 is 2.62 bits per heavy atom. The van der Waals surface area contributed by atoms with Crippen molar-refractivity contribution in [2.24, 2.45) is 0 Å². The number of hydrogen-bond acceptors (Lipinski definition) is 3. The van der Waals surface area contributed by atoms with Crippen LogP contribution in [0.15, 0.2) is 12.4 Å². The minimum atomic E-state index is 0.620. The van der Waals surface area contributed by atoms with Gasteiger partial charge in [0.25, 0.3) is 0 Å². The number of piperidine rings is 1. The maximum atomic E-state index is 4.41. The number of rotatable bonds is 1. The molecular formula is C10H15N3. The van der Waals surface area contributed by atoms with Gasteiger partial charge >= 0.3 is 0 Å². The van der Waals surface area contributed by atoms with Gasteiger partial charge in [-0.15, -0.1) is 0 Å². The molecule has 0 unspecified atom stereocenters. The first kappa shape index (κ1) is 8.63. The van der Waals surface area contributed by atoms with Crippen molar-refractivity contribution in [1.29, 1.82) is 0 Å². The van der Waals surface area contributed by atoms with Gasteiger partial charge in [0, 0.05) is 18.3 Å². The summed E-state index contributed by atoms with van der Waals surface area (Å²) < 4.78 is 0. The van der Waals surface area contributed by atoms with Crippen molar-refractivity contribution < 1.29 is 0 Å². The molecule has 1 aliphatic rings. The summed E-state index contributed by atoms with van der Waals surface area (Å²) in [4.78, 5) is 8.68. The van der Waals surface area contributed by atoms with E-state index < -0.39 is 0 Å². The van der Waals surface area contributed by atoms with E-state index in [0.717, 1.165) is 18.8 Å². The molecule has 0 aromatic carbocycles. The fourth-order valence-corrected chi connectivity index (χ4v) is 1.91. The molecule has 2 heterocycles. The first-order valence-corrected chi connectivity index (χ1v) is 4.86. The number of nitrogens with one attached hydrogen (secondary N) is 1. The predicted octanol–water partition coefficient (Wildman–Crippen LogP) is 1.25. The SMILES string of the molecule is Cc1nccnc1C1CCNCC1. The van der Waals surface area contributed by atoms with Crippen LogP contribution >= 0.6 is 0 Å². The minimum Gasteiger partial charge on any atom is -0.317 e. The van der Waals surface area contributed by atoms with Gasteiger partial charge in [-0.05, 0) is 32.9 Å². The number of nitrogens with zero attached hydrogens (tertiary/aromatic N) is 2. The van der Waals surface area contributed by atoms with E-state index in [1.54, 1.807) is 12.4 Å². The highest BCUT2D eigenvalue weighted by Gasteiger charge is 2.18. The summed E-state index contributed by atoms with van der Waals surface area (Å²) in [5, 5.41) is 3.36. The van der Waals surface area contributed by atoms with Crippen LogP contribution in [0.2, 0.25) is 0 Å². The Kier molecular flexibility index (Phi) is 2.54. The largest absolute Gasteiger partial charge is 0.317 e. The number of aromatic nitrogens is 2. The number of hydrogen-bond donors (Lipinski definition) is 1. The third kappa shape index (κ3) is 1.86. The Balaban J connectivity index is 2.18. The van der Waals surface area contributed by atoms with Gasteiger partial charge in [-0.1, -0.05) is 0 Å². The first-order chi connectivity index (χ1) is 6.38. The molecule has 2 rings (SSSR count). The molecule has 0 amide bonds. The summed E-state index contributed by atoms with van der Waals surface area (Å²) in [6, 6.07) is 0. The third-order valence-corrected chi connectivity index (χ3v) is 2.65. The topological polar surface area (TPSA) is 37.8 Å². The minimum absolute atomic E-state index is 0.620. The van der Waals surface area contributed by atoms with Crippen LogP contribution in [0.1, 0.15) is 30.1 Å². The molecule has 1 saturated heterocycles. The fraction of sp³-hybridized carbons (Fsp3) is 0.600. The van der Waals surface area contributed by atoms with E-state index in [4.69, 9.17) is 0 Å². The van der Waals surface area contributed by atoms with Gasteiger partial charge < -0.3 is 5.32 Å². The smallest absolute Gasteiger partial charge is 0.0647 e. The van der Waals surface area contributed by atoms with Crippen LogP contribution in [0.5, 0.6) is 0 Å². The van der Waals surface area contributed by atoms with Crippen LogP contribution in [0.25, 0.3) is 0 Å². The zero-order chi connectivity index (χ0) is 9.10. The van der Waals surface area contributed by atoms with Crippen molar-refractivity contribution in [3.63, 3.8) is 0 Å². The summed E-state index contributed by atoms with van der Waals surface area (Å²) >= 11 is 0. The third-order valence-electron chi connectivity index (χ3n) is 2.65. The molecule has 0 bridgehead atoms. The highest BCUT2D eigenvalue weighted by Crippen LogP contribution is 2.24. The monoisotopic (exact) mass is 177 g/mol. The van der Waals surface area contributed by atoms with Gasteiger partial charge in [0.2, 0.25) is 0 Å². The van der Waals surface area contributed by atoms with Gasteiger partial charge in [-0.25, -0.2) is 0 Å². The van der Waals surface area contributed by atoms with Gasteiger partial charge in [0.05, 0.1) is 11.4 Å². The van der Waals surface area contributed by atoms with Crippen LogP contribution in [0, 0.1) is 6.92 Å². The predicted molar refractivity (Wildman–Crippen MR) is 51.6 cm³/mol. The van der Waals surface area contributed by atoms with E-state index in [0.29, 0.717) is 5.92 Å². The molecule has 0 saturated carbocycles. The fourth-order valence-electron chi connectivity index (χ4n) is 1.91. The average Bonchev–Trinajstić information content (AvgIpc) is 2.20. The van der Waals surface area contributed by atoms with Gasteiger partial charge in [-0.3, -0.25) is 9.97 Å². The lowest BCUT2D eigenvalue weighted by molar-refractivity contribution is 0.450. The quantitative estimate of drug-likeness (QED) is 0.701. The lowest BCUT2D eigenvalue weighted by atomic mass is 9.93. The molecule has 1 N–H and O–H groups in total. The summed E-state index contributed by atoms with van der Waals surface area (Å²) in [6.07, 6.45) is 5.95. The molecule has 1 aromatic rings. The van der Waals surface area contributed by atoms with Crippen LogP contribution in [-0.4, -0.2) is 23.1 Å². The number of aryl methyl sites for hydroxylation is 1. The van der Waals surface area contributed by atoms with Gasteiger partial charge in [0.15, 0.2) is 0 Å². The Morgan fingerprint density at radius 2 is 1.92 bits per heavy atom. The van der Waals surface area contributed by atoms with Crippen molar-refractivity contribution >= 4 is 0 Å². The van der Waals surface area contributed by atoms with Crippen LogP contribution in [0.3, 0.4) is 0 Å². The highest BCUT2D eigenvalue weighted by molar-refractivity contribution is 5.14. The van der Waals surface area contributed by atoms with Crippen molar-refractivity contribution in [3.8, 4) is 0 Å². The molecule has 1 fully saturated rings. The highest BCUT2D eigenvalue weighted by atomic mass is 14.9. The second kappa shape index (κ2) is 3.83. The van der Waals surface area contributed by atoms with Crippen molar-refractivity contribution in [2.45, 2.75) is 25.7 Å². The summed E-state index contributed by atoms with van der Waals surface area (Å²) in [7, 11) is 0. The van der Waals surface area contributed by atoms with Crippen molar-refractivity contribution in [2.75, 3.05) is 13.1 Å². The molecule has 0 aliphatic carbocycles. The Bertz CT molecular complexity index is 279. The van der Waals surface area contributed by atoms with E-state index in [1.807, 2.05) is 6.92 Å². The molecule has 1 aromatic heterocycles. The summed E-state index contributed by atoms with van der Waals surface area (Å²) in [6.45, 7) is 4.27. The maximum absolute atomic E-state index is 4.41. The van der Waals surface area contributed by atoms with Gasteiger partial charge in [-0.2, -0.15) is 0 Å². The second-order valence-electron chi connectivity index (χ2n) is 3.55. The Labute approximate surface area is 78.6 Å². The normalized spacial score (nSPS) is 18.8. The molecular weight excluding hydrogens is 162 g/mol. The van der Waals surface area contributed by atoms with Crippen molar-refractivity contribution in [1.82, 2.24) is 15.3 Å². The van der Waals surface area contributed by atoms with E-state index in [2.05, 4.69) is 15.3 Å². The molecule has 0 radical (unpaired) electrons. The molecule has 70 valence electrons. The van der Waals surface area contributed by atoms with E-state index in [1.165, 1.54) is 18.5 Å². The van der Waals surface area contributed by atoms with Crippen molar-refractivity contribution in [3.05, 3.63) is 23.8 Å². The lowest BCUT2D eigenvalue weighted by Crippen LogP contribution is -2.27. The zero-order valence-electron chi connectivity index (χ0n) is 7.95. The summed E-state index contributed by atoms with van der Waals surface area (Å²) in [5.41, 5.74) is 2.29. The Morgan fingerprint density at radius 1 is 1.23 bits per heavy atom. The van der Waals surface area contributed by atoms with Crippen LogP contribution < -0.4 is 5.32 Å². The zero-order valence-corrected chi connectivity index (χ0v) is 7.95. The lowest BCUT2D eigenvalue weighted by Gasteiger charge is -2.22. The van der Waals surface area contributed by atoms with Gasteiger partial charge in [0.1, 0.15) is 0 Å². The Hall–Kier alpha value is -0.960. The standard InChI is InChI=1S/C10H15N3/c1-8-10(13-7-6-12-8)9-2-4-11-5-3-9/h6-7,9,11H,2-5H2,1H3. The second-order valence-corrected chi connectivity index (χ2v) is 3.55. The molecule has 0 spiro atoms. The average molecular weight is 177 g/mol. The van der Waals surface area contributed by atoms with E-state index in [9.17, 15) is 0 Å². The molecule has 1 aliphatic heterocycles. The van der Waals surface area contributed by atoms with E-state index >= 15 is 0 Å². The summed E-state index contributed by atoms with van der Waals surface area (Å²) in [5.74, 6) is 0.620. The maximum Gasteiger partial charge on any atom is 0.0647 e. The molecule has 13 heavy (non-hydrogen) atoms. The van der Waals surface area contributed by atoms with Crippen LogP contribution in [0.4, 0.5) is 0 Å². The molecule has 3 nitrogen and oxygen atoms in total. The first-order valence-electron chi connectivity index (χ1n) is 4.86. The molecule has 3 heteroatoms.